The van der Waals surface area contributed by atoms with Crippen molar-refractivity contribution in [1.82, 2.24) is 14.7 Å². The number of benzene rings is 1. The lowest BCUT2D eigenvalue weighted by Crippen LogP contribution is -2.43. The molecule has 36 heavy (non-hydrogen) atoms. The molecule has 6 nitrogen and oxygen atoms in total. The van der Waals surface area contributed by atoms with E-state index in [1.165, 1.54) is 5.56 Å². The molecule has 0 saturated carbocycles. The fourth-order valence-electron chi connectivity index (χ4n) is 5.10. The number of fused-ring (bicyclic) bond motifs is 1. The number of carbonyl (C=O) groups is 2. The monoisotopic (exact) mass is 522 g/mol. The van der Waals surface area contributed by atoms with Crippen LogP contribution in [0.5, 0.6) is 0 Å². The van der Waals surface area contributed by atoms with Gasteiger partial charge in [0.05, 0.1) is 22.4 Å². The van der Waals surface area contributed by atoms with Crippen molar-refractivity contribution in [1.29, 1.82) is 0 Å². The molecule has 0 unspecified atom stereocenters. The molecule has 190 valence electrons. The molecule has 1 aromatic carbocycles. The van der Waals surface area contributed by atoms with Crippen LogP contribution in [-0.4, -0.2) is 51.9 Å². The first-order valence-corrected chi connectivity index (χ1v) is 14.6. The summed E-state index contributed by atoms with van der Waals surface area (Å²) in [4.78, 5) is 30.7. The first-order chi connectivity index (χ1) is 17.2. The van der Waals surface area contributed by atoms with Crippen LogP contribution < -0.4 is 4.90 Å². The molecule has 2 aromatic heterocycles. The first kappa shape index (κ1) is 25.1. The van der Waals surface area contributed by atoms with Crippen LogP contribution in [0.1, 0.15) is 66.8 Å². The van der Waals surface area contributed by atoms with E-state index in [9.17, 15) is 9.59 Å². The van der Waals surface area contributed by atoms with Gasteiger partial charge in [-0.25, -0.2) is 4.68 Å². The molecular weight excluding hydrogens is 488 g/mol. The lowest BCUT2D eigenvalue weighted by Gasteiger charge is -2.26. The van der Waals surface area contributed by atoms with Gasteiger partial charge in [0, 0.05) is 24.1 Å². The molecular formula is C28H34N4O2S2. The van der Waals surface area contributed by atoms with Crippen molar-refractivity contribution >= 4 is 40.7 Å². The van der Waals surface area contributed by atoms with Crippen molar-refractivity contribution in [2.75, 3.05) is 30.3 Å². The van der Waals surface area contributed by atoms with Gasteiger partial charge in [-0.2, -0.15) is 16.4 Å². The summed E-state index contributed by atoms with van der Waals surface area (Å²) < 4.78 is 1.94. The third-order valence-corrected chi connectivity index (χ3v) is 9.16. The number of hydrogen-bond acceptors (Lipinski definition) is 5. The third kappa shape index (κ3) is 4.50. The third-order valence-electron chi connectivity index (χ3n) is 7.20. The molecule has 1 fully saturated rings. The Morgan fingerprint density at radius 2 is 1.89 bits per heavy atom. The average molecular weight is 523 g/mol. The van der Waals surface area contributed by atoms with Gasteiger partial charge >= 0.3 is 0 Å². The molecule has 5 rings (SSSR count). The SMILES string of the molecule is Cc1cccc(-n2nc(C(C)(C)C)c3c2N(CC(=O)N2CCCC2)C(=O)CS[C@H]3c2ccsc2)c1C. The highest BCUT2D eigenvalue weighted by Gasteiger charge is 2.40. The Labute approximate surface area is 221 Å². The second kappa shape index (κ2) is 9.71. The van der Waals surface area contributed by atoms with Gasteiger partial charge < -0.3 is 4.90 Å². The zero-order valence-electron chi connectivity index (χ0n) is 21.7. The van der Waals surface area contributed by atoms with E-state index in [0.29, 0.717) is 5.75 Å². The number of likely N-dealkylation sites (tertiary alicyclic amines) is 1. The Kier molecular flexibility index (Phi) is 6.76. The van der Waals surface area contributed by atoms with Gasteiger partial charge in [0.15, 0.2) is 0 Å². The van der Waals surface area contributed by atoms with E-state index in [1.54, 1.807) is 28.0 Å². The largest absolute Gasteiger partial charge is 0.341 e. The summed E-state index contributed by atoms with van der Waals surface area (Å²) in [5.74, 6) is 1.03. The zero-order valence-corrected chi connectivity index (χ0v) is 23.3. The number of anilines is 1. The molecule has 0 spiro atoms. The molecule has 0 bridgehead atoms. The summed E-state index contributed by atoms with van der Waals surface area (Å²) in [5.41, 5.74) is 6.17. The average Bonchev–Trinajstić information content (AvgIpc) is 3.59. The van der Waals surface area contributed by atoms with Crippen molar-refractivity contribution in [2.24, 2.45) is 0 Å². The molecule has 2 aliphatic rings. The summed E-state index contributed by atoms with van der Waals surface area (Å²) in [6.07, 6.45) is 2.05. The van der Waals surface area contributed by atoms with E-state index in [4.69, 9.17) is 5.10 Å². The molecule has 2 aliphatic heterocycles. The molecule has 2 amide bonds. The number of amides is 2. The van der Waals surface area contributed by atoms with Crippen LogP contribution >= 0.6 is 23.1 Å². The Morgan fingerprint density at radius 1 is 1.14 bits per heavy atom. The van der Waals surface area contributed by atoms with Crippen molar-refractivity contribution in [3.8, 4) is 5.69 Å². The minimum absolute atomic E-state index is 0.0109. The number of hydrogen-bond donors (Lipinski definition) is 0. The van der Waals surface area contributed by atoms with Gasteiger partial charge in [0.2, 0.25) is 11.8 Å². The Hall–Kier alpha value is -2.58. The van der Waals surface area contributed by atoms with Crippen molar-refractivity contribution in [3.63, 3.8) is 0 Å². The van der Waals surface area contributed by atoms with Gasteiger partial charge in [-0.05, 0) is 66.3 Å². The number of thioether (sulfide) groups is 1. The van der Waals surface area contributed by atoms with Crippen LogP contribution in [0.15, 0.2) is 35.0 Å². The highest BCUT2D eigenvalue weighted by atomic mass is 32.2. The second-order valence-electron chi connectivity index (χ2n) is 10.8. The lowest BCUT2D eigenvalue weighted by atomic mass is 9.87. The van der Waals surface area contributed by atoms with Crippen molar-refractivity contribution < 1.29 is 9.59 Å². The molecule has 4 heterocycles. The standard InChI is InChI=1S/C28H34N4O2S2/c1-18-9-8-10-21(19(18)2)32-27-24(26(29-32)28(3,4)5)25(20-11-14-35-16-20)36-17-23(34)31(27)15-22(33)30-12-6-7-13-30/h8-11,14,16,25H,6-7,12-13,15,17H2,1-5H3/t25-/m0/s1. The minimum Gasteiger partial charge on any atom is -0.341 e. The van der Waals surface area contributed by atoms with E-state index in [2.05, 4.69) is 63.6 Å². The minimum atomic E-state index is -0.250. The number of nitrogens with zero attached hydrogens (tertiary/aromatic N) is 4. The number of aromatic nitrogens is 2. The van der Waals surface area contributed by atoms with Gasteiger partial charge in [0.25, 0.3) is 0 Å². The molecule has 0 N–H and O–H groups in total. The highest BCUT2D eigenvalue weighted by molar-refractivity contribution is 8.00. The fraction of sp³-hybridized carbons (Fsp3) is 0.464. The predicted octanol–water partition coefficient (Wildman–Crippen LogP) is 5.64. The maximum absolute atomic E-state index is 13.7. The fourth-order valence-corrected chi connectivity index (χ4v) is 7.06. The molecule has 0 radical (unpaired) electrons. The molecule has 1 atom stereocenters. The Balaban J connectivity index is 1.77. The summed E-state index contributed by atoms with van der Waals surface area (Å²) in [5, 5.41) is 9.43. The second-order valence-corrected chi connectivity index (χ2v) is 12.7. The van der Waals surface area contributed by atoms with Crippen LogP contribution in [0.3, 0.4) is 0 Å². The van der Waals surface area contributed by atoms with Gasteiger partial charge in [-0.15, -0.1) is 11.8 Å². The first-order valence-electron chi connectivity index (χ1n) is 12.6. The molecule has 0 aliphatic carbocycles. The number of rotatable bonds is 4. The van der Waals surface area contributed by atoms with E-state index in [-0.39, 0.29) is 29.0 Å². The smallest absolute Gasteiger partial charge is 0.242 e. The Bertz CT molecular complexity index is 1280. The van der Waals surface area contributed by atoms with Crippen LogP contribution in [0.2, 0.25) is 0 Å². The molecule has 3 aromatic rings. The summed E-state index contributed by atoms with van der Waals surface area (Å²) in [7, 11) is 0. The van der Waals surface area contributed by atoms with Crippen molar-refractivity contribution in [3.05, 3.63) is 63.0 Å². The molecule has 1 saturated heterocycles. The summed E-state index contributed by atoms with van der Waals surface area (Å²) in [6.45, 7) is 12.3. The highest BCUT2D eigenvalue weighted by Crippen LogP contribution is 2.49. The number of aryl methyl sites for hydroxylation is 1. The van der Waals surface area contributed by atoms with Gasteiger partial charge in [-0.3, -0.25) is 14.5 Å². The zero-order chi connectivity index (χ0) is 25.6. The normalized spacial score (nSPS) is 18.5. The van der Waals surface area contributed by atoms with E-state index < -0.39 is 0 Å². The van der Waals surface area contributed by atoms with Crippen LogP contribution in [0.4, 0.5) is 5.82 Å². The van der Waals surface area contributed by atoms with Crippen LogP contribution in [0.25, 0.3) is 5.69 Å². The van der Waals surface area contributed by atoms with E-state index in [1.807, 2.05) is 15.6 Å². The lowest BCUT2D eigenvalue weighted by molar-refractivity contribution is -0.130. The van der Waals surface area contributed by atoms with Crippen LogP contribution in [0, 0.1) is 13.8 Å². The van der Waals surface area contributed by atoms with Gasteiger partial charge in [0.1, 0.15) is 12.4 Å². The van der Waals surface area contributed by atoms with Crippen molar-refractivity contribution in [2.45, 2.75) is 58.1 Å². The predicted molar refractivity (Wildman–Crippen MR) is 149 cm³/mol. The Morgan fingerprint density at radius 3 is 2.56 bits per heavy atom. The molecule has 8 heteroatoms. The summed E-state index contributed by atoms with van der Waals surface area (Å²) in [6, 6.07) is 8.33. The quantitative estimate of drug-likeness (QED) is 0.445. The maximum atomic E-state index is 13.7. The number of carbonyl (C=O) groups excluding carboxylic acids is 2. The summed E-state index contributed by atoms with van der Waals surface area (Å²) >= 11 is 3.30. The van der Waals surface area contributed by atoms with E-state index in [0.717, 1.165) is 59.8 Å². The van der Waals surface area contributed by atoms with Crippen LogP contribution in [-0.2, 0) is 15.0 Å². The maximum Gasteiger partial charge on any atom is 0.242 e. The van der Waals surface area contributed by atoms with E-state index >= 15 is 0 Å². The number of thiophene rings is 1. The van der Waals surface area contributed by atoms with Gasteiger partial charge in [-0.1, -0.05) is 32.9 Å². The topological polar surface area (TPSA) is 58.4 Å².